The molecular formula is C13H19N5O3S. The Hall–Kier alpha value is -1.61. The molecule has 9 heteroatoms. The molecule has 0 aromatic carbocycles. The maximum absolute atomic E-state index is 11.6. The van der Waals surface area contributed by atoms with E-state index in [0.29, 0.717) is 24.7 Å². The highest BCUT2D eigenvalue weighted by Crippen LogP contribution is 2.37. The van der Waals surface area contributed by atoms with Gasteiger partial charge in [-0.25, -0.2) is 9.97 Å². The molecule has 2 fully saturated rings. The summed E-state index contributed by atoms with van der Waals surface area (Å²) in [7, 11) is 0. The lowest BCUT2D eigenvalue weighted by Gasteiger charge is -2.35. The molecule has 3 rings (SSSR count). The van der Waals surface area contributed by atoms with Crippen molar-refractivity contribution in [3.05, 3.63) is 16.4 Å². The van der Waals surface area contributed by atoms with Crippen molar-refractivity contribution in [2.75, 3.05) is 41.1 Å². The summed E-state index contributed by atoms with van der Waals surface area (Å²) in [6.07, 6.45) is 1.46. The summed E-state index contributed by atoms with van der Waals surface area (Å²) in [5, 5.41) is 11.6. The van der Waals surface area contributed by atoms with Crippen LogP contribution in [0.2, 0.25) is 0 Å². The zero-order valence-corrected chi connectivity index (χ0v) is 13.5. The summed E-state index contributed by atoms with van der Waals surface area (Å²) in [6, 6.07) is 0. The number of nitrogens with zero attached hydrogens (tertiary/aromatic N) is 5. The quantitative estimate of drug-likeness (QED) is 0.611. The molecule has 0 bridgehead atoms. The molecule has 0 radical (unpaired) electrons. The predicted molar refractivity (Wildman–Crippen MR) is 85.6 cm³/mol. The molecule has 2 aliphatic rings. The lowest BCUT2D eigenvalue weighted by Crippen LogP contribution is -2.46. The molecule has 2 aliphatic heterocycles. The van der Waals surface area contributed by atoms with E-state index in [2.05, 4.69) is 9.97 Å². The second kappa shape index (κ2) is 6.25. The van der Waals surface area contributed by atoms with E-state index in [1.54, 1.807) is 11.8 Å². The van der Waals surface area contributed by atoms with Crippen LogP contribution in [0.15, 0.2) is 6.33 Å². The maximum Gasteiger partial charge on any atom is 0.353 e. The number of nitro groups is 1. The number of hydrogen-bond donors (Lipinski definition) is 0. The Labute approximate surface area is 133 Å². The Bertz CT molecular complexity index is 557. The number of hydrogen-bond acceptors (Lipinski definition) is 8. The molecule has 2 atom stereocenters. The van der Waals surface area contributed by atoms with Crippen LogP contribution in [-0.2, 0) is 4.74 Å². The molecule has 22 heavy (non-hydrogen) atoms. The average Bonchev–Trinajstić information content (AvgIpc) is 2.99. The molecule has 0 saturated carbocycles. The number of aromatic nitrogens is 2. The largest absolute Gasteiger partial charge is 0.372 e. The molecule has 0 amide bonds. The Morgan fingerprint density at radius 1 is 1.27 bits per heavy atom. The maximum atomic E-state index is 11.6. The number of anilines is 2. The molecule has 8 nitrogen and oxygen atoms in total. The minimum absolute atomic E-state index is 0.00583. The van der Waals surface area contributed by atoms with E-state index < -0.39 is 0 Å². The van der Waals surface area contributed by atoms with Crippen molar-refractivity contribution in [3.63, 3.8) is 0 Å². The molecular weight excluding hydrogens is 306 g/mol. The summed E-state index contributed by atoms with van der Waals surface area (Å²) < 4.78 is 5.70. The van der Waals surface area contributed by atoms with Crippen LogP contribution in [0.3, 0.4) is 0 Å². The van der Waals surface area contributed by atoms with Gasteiger partial charge in [-0.05, 0) is 13.8 Å². The number of ether oxygens (including phenoxy) is 1. The van der Waals surface area contributed by atoms with Gasteiger partial charge in [0, 0.05) is 25.4 Å². The first-order valence-corrected chi connectivity index (χ1v) is 8.44. The monoisotopic (exact) mass is 325 g/mol. The van der Waals surface area contributed by atoms with Crippen LogP contribution in [0.1, 0.15) is 13.8 Å². The lowest BCUT2D eigenvalue weighted by atomic mass is 10.2. The molecule has 120 valence electrons. The van der Waals surface area contributed by atoms with Crippen LogP contribution in [0.4, 0.5) is 17.3 Å². The van der Waals surface area contributed by atoms with E-state index in [9.17, 15) is 10.1 Å². The van der Waals surface area contributed by atoms with Gasteiger partial charge >= 0.3 is 5.69 Å². The smallest absolute Gasteiger partial charge is 0.353 e. The number of rotatable bonds is 3. The standard InChI is InChI=1S/C13H19N5O3S/c1-9-5-17(6-10(2)21-9)13-11(18(19)20)12(14-7-15-13)16-3-4-22-8-16/h7,9-10H,3-6,8H2,1-2H3. The van der Waals surface area contributed by atoms with E-state index in [1.807, 2.05) is 23.6 Å². The molecule has 0 aliphatic carbocycles. The molecule has 0 N–H and O–H groups in total. The van der Waals surface area contributed by atoms with Crippen molar-refractivity contribution in [1.29, 1.82) is 0 Å². The summed E-state index contributed by atoms with van der Waals surface area (Å²) in [5.41, 5.74) is 0.00583. The Balaban J connectivity index is 1.99. The van der Waals surface area contributed by atoms with Gasteiger partial charge in [0.2, 0.25) is 11.6 Å². The van der Waals surface area contributed by atoms with Gasteiger partial charge in [-0.3, -0.25) is 10.1 Å². The minimum atomic E-state index is -0.363. The number of thioether (sulfide) groups is 1. The summed E-state index contributed by atoms with van der Waals surface area (Å²) in [6.45, 7) is 5.89. The van der Waals surface area contributed by atoms with Crippen molar-refractivity contribution in [3.8, 4) is 0 Å². The van der Waals surface area contributed by atoms with E-state index in [1.165, 1.54) is 6.33 Å². The normalized spacial score (nSPS) is 25.5. The van der Waals surface area contributed by atoms with Gasteiger partial charge in [-0.2, -0.15) is 0 Å². The van der Waals surface area contributed by atoms with Crippen LogP contribution in [0.5, 0.6) is 0 Å². The van der Waals surface area contributed by atoms with E-state index in [-0.39, 0.29) is 22.8 Å². The molecule has 2 unspecified atom stereocenters. The van der Waals surface area contributed by atoms with Gasteiger partial charge in [0.1, 0.15) is 6.33 Å². The van der Waals surface area contributed by atoms with Gasteiger partial charge in [0.25, 0.3) is 0 Å². The first-order chi connectivity index (χ1) is 10.6. The molecule has 1 aromatic rings. The van der Waals surface area contributed by atoms with Crippen molar-refractivity contribution in [2.24, 2.45) is 0 Å². The Kier molecular flexibility index (Phi) is 4.34. The van der Waals surface area contributed by atoms with Crippen LogP contribution >= 0.6 is 11.8 Å². The third-order valence-electron chi connectivity index (χ3n) is 3.74. The number of morpholine rings is 1. The van der Waals surface area contributed by atoms with E-state index in [4.69, 9.17) is 4.74 Å². The lowest BCUT2D eigenvalue weighted by molar-refractivity contribution is -0.383. The summed E-state index contributed by atoms with van der Waals surface area (Å²) in [5.74, 6) is 2.51. The summed E-state index contributed by atoms with van der Waals surface area (Å²) in [4.78, 5) is 23.5. The Morgan fingerprint density at radius 3 is 2.45 bits per heavy atom. The van der Waals surface area contributed by atoms with Crippen LogP contribution in [-0.4, -0.2) is 58.4 Å². The fraction of sp³-hybridized carbons (Fsp3) is 0.692. The van der Waals surface area contributed by atoms with Crippen LogP contribution in [0, 0.1) is 10.1 Å². The molecule has 1 aromatic heterocycles. The fourth-order valence-corrected chi connectivity index (χ4v) is 3.87. The minimum Gasteiger partial charge on any atom is -0.372 e. The van der Waals surface area contributed by atoms with Crippen molar-refractivity contribution in [2.45, 2.75) is 26.1 Å². The summed E-state index contributed by atoms with van der Waals surface area (Å²) >= 11 is 1.75. The second-order valence-corrected chi connectivity index (χ2v) is 6.66. The molecule has 3 heterocycles. The van der Waals surface area contributed by atoms with Crippen LogP contribution < -0.4 is 9.80 Å². The predicted octanol–water partition coefficient (Wildman–Crippen LogP) is 1.51. The first kappa shape index (κ1) is 15.3. The highest BCUT2D eigenvalue weighted by molar-refractivity contribution is 7.99. The highest BCUT2D eigenvalue weighted by Gasteiger charge is 2.34. The molecule has 0 spiro atoms. The first-order valence-electron chi connectivity index (χ1n) is 7.28. The average molecular weight is 325 g/mol. The van der Waals surface area contributed by atoms with Crippen molar-refractivity contribution < 1.29 is 9.66 Å². The van der Waals surface area contributed by atoms with Gasteiger partial charge in [-0.15, -0.1) is 11.8 Å². The van der Waals surface area contributed by atoms with E-state index in [0.717, 1.165) is 18.2 Å². The second-order valence-electron chi connectivity index (χ2n) is 5.59. The topological polar surface area (TPSA) is 84.6 Å². The SMILES string of the molecule is CC1CN(c2ncnc(N3CCSC3)c2[N+](=O)[O-])CC(C)O1. The van der Waals surface area contributed by atoms with Gasteiger partial charge < -0.3 is 14.5 Å². The third-order valence-corrected chi connectivity index (χ3v) is 4.70. The van der Waals surface area contributed by atoms with Gasteiger partial charge in [-0.1, -0.05) is 0 Å². The highest BCUT2D eigenvalue weighted by atomic mass is 32.2. The van der Waals surface area contributed by atoms with Gasteiger partial charge in [0.05, 0.1) is 23.0 Å². The zero-order valence-electron chi connectivity index (χ0n) is 12.6. The van der Waals surface area contributed by atoms with E-state index >= 15 is 0 Å². The van der Waals surface area contributed by atoms with Crippen molar-refractivity contribution >= 4 is 29.1 Å². The fourth-order valence-electron chi connectivity index (χ4n) is 2.92. The van der Waals surface area contributed by atoms with Crippen molar-refractivity contribution in [1.82, 2.24) is 9.97 Å². The molecule has 2 saturated heterocycles. The van der Waals surface area contributed by atoms with Gasteiger partial charge in [0.15, 0.2) is 0 Å². The zero-order chi connectivity index (χ0) is 15.7. The van der Waals surface area contributed by atoms with Crippen LogP contribution in [0.25, 0.3) is 0 Å². The third kappa shape index (κ3) is 2.95. The Morgan fingerprint density at radius 2 is 1.91 bits per heavy atom.